The van der Waals surface area contributed by atoms with Gasteiger partial charge in [-0.2, -0.15) is 0 Å². The highest BCUT2D eigenvalue weighted by atomic mass is 16.7. The summed E-state index contributed by atoms with van der Waals surface area (Å²) in [6.07, 6.45) is -0.408. The first kappa shape index (κ1) is 27.3. The summed E-state index contributed by atoms with van der Waals surface area (Å²) in [6, 6.07) is 25.1. The third kappa shape index (κ3) is 8.11. The Balaban J connectivity index is 1.31. The van der Waals surface area contributed by atoms with Gasteiger partial charge in [0, 0.05) is 16.7 Å². The molecule has 0 atom stereocenters. The van der Waals surface area contributed by atoms with Gasteiger partial charge in [-0.1, -0.05) is 54.0 Å². The molecule has 1 saturated heterocycles. The second kappa shape index (κ2) is 14.2. The SMILES string of the molecule is COc1ccc(C#CCOCC2(COCC#Cc3ccc(OC)cc3)COC(c3ccccc3)OC2)cc1. The number of ether oxygens (including phenoxy) is 6. The molecule has 3 aromatic carbocycles. The Labute approximate surface area is 224 Å². The topological polar surface area (TPSA) is 55.4 Å². The summed E-state index contributed by atoms with van der Waals surface area (Å²) in [5.74, 6) is 13.9. The van der Waals surface area contributed by atoms with Crippen molar-refractivity contribution in [3.05, 3.63) is 95.6 Å². The molecular weight excluding hydrogens is 480 g/mol. The van der Waals surface area contributed by atoms with Gasteiger partial charge in [-0.3, -0.25) is 0 Å². The molecule has 0 aliphatic carbocycles. The van der Waals surface area contributed by atoms with Gasteiger partial charge in [0.05, 0.1) is 46.1 Å². The summed E-state index contributed by atoms with van der Waals surface area (Å²) >= 11 is 0. The van der Waals surface area contributed by atoms with Crippen molar-refractivity contribution in [2.45, 2.75) is 6.29 Å². The molecule has 0 spiro atoms. The second-order valence-corrected chi connectivity index (χ2v) is 8.91. The first-order valence-corrected chi connectivity index (χ1v) is 12.4. The number of methoxy groups -OCH3 is 2. The van der Waals surface area contributed by atoms with Crippen LogP contribution in [0.3, 0.4) is 0 Å². The molecule has 4 rings (SSSR count). The van der Waals surface area contributed by atoms with E-state index in [1.165, 1.54) is 0 Å². The lowest BCUT2D eigenvalue weighted by Gasteiger charge is -2.39. The first-order chi connectivity index (χ1) is 18.7. The Kier molecular flexibility index (Phi) is 10.2. The zero-order valence-electron chi connectivity index (χ0n) is 21.8. The highest BCUT2D eigenvalue weighted by Crippen LogP contribution is 2.32. The molecule has 0 amide bonds. The van der Waals surface area contributed by atoms with Crippen LogP contribution < -0.4 is 9.47 Å². The van der Waals surface area contributed by atoms with Crippen LogP contribution in [0.15, 0.2) is 78.9 Å². The van der Waals surface area contributed by atoms with E-state index in [0.29, 0.717) is 26.4 Å². The van der Waals surface area contributed by atoms with Crippen molar-refractivity contribution in [2.75, 3.05) is 53.9 Å². The fourth-order valence-corrected chi connectivity index (χ4v) is 3.87. The molecule has 196 valence electrons. The fourth-order valence-electron chi connectivity index (χ4n) is 3.87. The Morgan fingerprint density at radius 2 is 1.16 bits per heavy atom. The van der Waals surface area contributed by atoms with Crippen molar-refractivity contribution in [2.24, 2.45) is 5.41 Å². The van der Waals surface area contributed by atoms with Crippen molar-refractivity contribution >= 4 is 0 Å². The van der Waals surface area contributed by atoms with E-state index in [-0.39, 0.29) is 13.2 Å². The average Bonchev–Trinajstić information content (AvgIpc) is 2.98. The van der Waals surface area contributed by atoms with Crippen molar-refractivity contribution in [1.29, 1.82) is 0 Å². The third-order valence-electron chi connectivity index (χ3n) is 5.96. The maximum Gasteiger partial charge on any atom is 0.183 e. The van der Waals surface area contributed by atoms with E-state index in [1.807, 2.05) is 78.9 Å². The second-order valence-electron chi connectivity index (χ2n) is 8.91. The molecule has 1 aliphatic rings. The van der Waals surface area contributed by atoms with Gasteiger partial charge in [0.15, 0.2) is 6.29 Å². The van der Waals surface area contributed by atoms with E-state index in [4.69, 9.17) is 28.4 Å². The summed E-state index contributed by atoms with van der Waals surface area (Å²) < 4.78 is 34.5. The van der Waals surface area contributed by atoms with Crippen molar-refractivity contribution < 1.29 is 28.4 Å². The van der Waals surface area contributed by atoms with Crippen LogP contribution in [-0.4, -0.2) is 53.9 Å². The van der Waals surface area contributed by atoms with Crippen LogP contribution in [0.1, 0.15) is 23.0 Å². The molecule has 0 N–H and O–H groups in total. The highest BCUT2D eigenvalue weighted by Gasteiger charge is 2.38. The standard InChI is InChI=1S/C32H32O6/c1-33-29-16-12-26(13-17-29)8-6-20-35-22-32(24-37-31(38-25-32)28-10-4-3-5-11-28)23-36-21-7-9-27-14-18-30(34-2)19-15-27/h3-5,10-19,31H,20-25H2,1-2H3. The summed E-state index contributed by atoms with van der Waals surface area (Å²) in [7, 11) is 3.28. The molecule has 0 radical (unpaired) electrons. The molecule has 38 heavy (non-hydrogen) atoms. The molecule has 0 saturated carbocycles. The molecule has 1 aliphatic heterocycles. The van der Waals surface area contributed by atoms with Gasteiger partial charge in [-0.25, -0.2) is 0 Å². The highest BCUT2D eigenvalue weighted by molar-refractivity contribution is 5.39. The largest absolute Gasteiger partial charge is 0.497 e. The number of rotatable bonds is 9. The van der Waals surface area contributed by atoms with Gasteiger partial charge in [-0.05, 0) is 48.5 Å². The van der Waals surface area contributed by atoms with E-state index < -0.39 is 11.7 Å². The van der Waals surface area contributed by atoms with Crippen LogP contribution in [0, 0.1) is 29.1 Å². The fraction of sp³-hybridized carbons (Fsp3) is 0.312. The van der Waals surface area contributed by atoms with Gasteiger partial charge < -0.3 is 28.4 Å². The molecule has 0 bridgehead atoms. The lowest BCUT2D eigenvalue weighted by atomic mass is 9.91. The molecule has 6 heteroatoms. The number of hydrogen-bond acceptors (Lipinski definition) is 6. The maximum atomic E-state index is 6.10. The van der Waals surface area contributed by atoms with Crippen LogP contribution >= 0.6 is 0 Å². The quantitative estimate of drug-likeness (QED) is 0.301. The number of benzene rings is 3. The Morgan fingerprint density at radius 3 is 1.61 bits per heavy atom. The minimum absolute atomic E-state index is 0.285. The van der Waals surface area contributed by atoms with Gasteiger partial charge in [0.2, 0.25) is 0 Å². The lowest BCUT2D eigenvalue weighted by Crippen LogP contribution is -2.46. The monoisotopic (exact) mass is 512 g/mol. The van der Waals surface area contributed by atoms with E-state index >= 15 is 0 Å². The van der Waals surface area contributed by atoms with Crippen molar-refractivity contribution in [1.82, 2.24) is 0 Å². The molecule has 0 aromatic heterocycles. The molecular formula is C32H32O6. The van der Waals surface area contributed by atoms with E-state index in [0.717, 1.165) is 28.2 Å². The van der Waals surface area contributed by atoms with Crippen molar-refractivity contribution in [3.63, 3.8) is 0 Å². The molecule has 6 nitrogen and oxygen atoms in total. The predicted octanol–water partition coefficient (Wildman–Crippen LogP) is 4.87. The zero-order valence-corrected chi connectivity index (χ0v) is 21.8. The van der Waals surface area contributed by atoms with E-state index in [1.54, 1.807) is 14.2 Å². The summed E-state index contributed by atoms with van der Waals surface area (Å²) in [4.78, 5) is 0. The predicted molar refractivity (Wildman–Crippen MR) is 145 cm³/mol. The number of hydrogen-bond donors (Lipinski definition) is 0. The molecule has 0 unspecified atom stereocenters. The van der Waals surface area contributed by atoms with Crippen LogP contribution in [-0.2, 0) is 18.9 Å². The summed E-state index contributed by atoms with van der Waals surface area (Å²) in [6.45, 7) is 2.21. The Bertz CT molecular complexity index is 1170. The molecule has 3 aromatic rings. The van der Waals surface area contributed by atoms with Crippen LogP contribution in [0.2, 0.25) is 0 Å². The van der Waals surface area contributed by atoms with Crippen LogP contribution in [0.5, 0.6) is 11.5 Å². The smallest absolute Gasteiger partial charge is 0.183 e. The maximum absolute atomic E-state index is 6.10. The van der Waals surface area contributed by atoms with Gasteiger partial charge in [0.1, 0.15) is 24.7 Å². The normalized spacial score (nSPS) is 14.5. The third-order valence-corrected chi connectivity index (χ3v) is 5.96. The minimum atomic E-state index is -0.463. The van der Waals surface area contributed by atoms with Crippen LogP contribution in [0.4, 0.5) is 0 Å². The molecule has 1 fully saturated rings. The Morgan fingerprint density at radius 1 is 0.684 bits per heavy atom. The Hall–Kier alpha value is -3.78. The minimum Gasteiger partial charge on any atom is -0.497 e. The van der Waals surface area contributed by atoms with Gasteiger partial charge in [0.25, 0.3) is 0 Å². The lowest BCUT2D eigenvalue weighted by molar-refractivity contribution is -0.253. The zero-order chi connectivity index (χ0) is 26.5. The van der Waals surface area contributed by atoms with Crippen molar-refractivity contribution in [3.8, 4) is 35.2 Å². The van der Waals surface area contributed by atoms with E-state index in [2.05, 4.69) is 23.7 Å². The molecule has 1 heterocycles. The summed E-state index contributed by atoms with van der Waals surface area (Å²) in [5.41, 5.74) is 2.32. The van der Waals surface area contributed by atoms with E-state index in [9.17, 15) is 0 Å². The first-order valence-electron chi connectivity index (χ1n) is 12.4. The summed E-state index contributed by atoms with van der Waals surface area (Å²) in [5, 5.41) is 0. The van der Waals surface area contributed by atoms with Crippen LogP contribution in [0.25, 0.3) is 0 Å². The van der Waals surface area contributed by atoms with Gasteiger partial charge in [-0.15, -0.1) is 0 Å². The van der Waals surface area contributed by atoms with Gasteiger partial charge >= 0.3 is 0 Å². The average molecular weight is 513 g/mol.